The maximum atomic E-state index is 8.77. The number of nitriles is 1. The maximum Gasteiger partial charge on any atom is 0.0998 e. The molecule has 1 nitrogen and oxygen atoms in total. The van der Waals surface area contributed by atoms with Gasteiger partial charge in [-0.3, -0.25) is 0 Å². The van der Waals surface area contributed by atoms with Gasteiger partial charge in [0.1, 0.15) is 0 Å². The Morgan fingerprint density at radius 2 is 2.00 bits per heavy atom. The van der Waals surface area contributed by atoms with Crippen molar-refractivity contribution in [1.29, 1.82) is 5.26 Å². The molecule has 1 heteroatoms. The van der Waals surface area contributed by atoms with E-state index >= 15 is 0 Å². The summed E-state index contributed by atoms with van der Waals surface area (Å²) >= 11 is 0. The topological polar surface area (TPSA) is 23.8 Å². The quantitative estimate of drug-likeness (QED) is 0.569. The lowest BCUT2D eigenvalue weighted by Gasteiger charge is -1.96. The first-order chi connectivity index (χ1) is 5.92. The van der Waals surface area contributed by atoms with Crippen molar-refractivity contribution in [2.75, 3.05) is 0 Å². The van der Waals surface area contributed by atoms with Gasteiger partial charge in [-0.1, -0.05) is 30.3 Å². The average Bonchev–Trinajstić information content (AvgIpc) is 2.17. The molecule has 0 saturated heterocycles. The summed E-state index contributed by atoms with van der Waals surface area (Å²) in [6.07, 6.45) is 0. The minimum Gasteiger partial charge on any atom is -0.192 e. The van der Waals surface area contributed by atoms with Crippen LogP contribution in [0.15, 0.2) is 36.4 Å². The second kappa shape index (κ2) is 2.67. The fourth-order valence-electron chi connectivity index (χ4n) is 1.25. The largest absolute Gasteiger partial charge is 0.192 e. The second-order valence-electron chi connectivity index (χ2n) is 2.55. The van der Waals surface area contributed by atoms with Crippen molar-refractivity contribution >= 4 is 10.8 Å². The number of nitrogens with zero attached hydrogens (tertiary/aromatic N) is 1. The number of benzene rings is 2. The Labute approximate surface area is 70.9 Å². The van der Waals surface area contributed by atoms with E-state index in [1.807, 2.05) is 24.3 Å². The molecular formula is C11H6N. The van der Waals surface area contributed by atoms with Crippen molar-refractivity contribution in [3.05, 3.63) is 48.0 Å². The van der Waals surface area contributed by atoms with Crippen molar-refractivity contribution in [3.8, 4) is 6.07 Å². The van der Waals surface area contributed by atoms with Crippen LogP contribution >= 0.6 is 0 Å². The van der Waals surface area contributed by atoms with Gasteiger partial charge in [-0.2, -0.15) is 5.26 Å². The zero-order valence-electron chi connectivity index (χ0n) is 6.41. The van der Waals surface area contributed by atoms with Crippen LogP contribution in [0, 0.1) is 17.4 Å². The van der Waals surface area contributed by atoms with Crippen LogP contribution in [0.5, 0.6) is 0 Å². The maximum absolute atomic E-state index is 8.77. The van der Waals surface area contributed by atoms with Crippen molar-refractivity contribution in [1.82, 2.24) is 0 Å². The first-order valence-corrected chi connectivity index (χ1v) is 3.71. The monoisotopic (exact) mass is 152 g/mol. The number of hydrogen-bond donors (Lipinski definition) is 0. The van der Waals surface area contributed by atoms with Crippen LogP contribution in [-0.4, -0.2) is 0 Å². The summed E-state index contributed by atoms with van der Waals surface area (Å²) in [5.74, 6) is 0. The number of hydrogen-bond acceptors (Lipinski definition) is 1. The van der Waals surface area contributed by atoms with Gasteiger partial charge < -0.3 is 0 Å². The summed E-state index contributed by atoms with van der Waals surface area (Å²) in [6.45, 7) is 0. The van der Waals surface area contributed by atoms with Gasteiger partial charge >= 0.3 is 0 Å². The molecule has 12 heavy (non-hydrogen) atoms. The zero-order chi connectivity index (χ0) is 8.39. The Morgan fingerprint density at radius 1 is 1.17 bits per heavy atom. The zero-order valence-corrected chi connectivity index (χ0v) is 6.41. The third-order valence-corrected chi connectivity index (χ3v) is 1.83. The average molecular weight is 152 g/mol. The molecule has 0 saturated carbocycles. The van der Waals surface area contributed by atoms with Crippen LogP contribution in [0.2, 0.25) is 0 Å². The second-order valence-corrected chi connectivity index (χ2v) is 2.55. The SMILES string of the molecule is N#Cc1cc[c]c2ccccc12. The molecule has 0 fully saturated rings. The van der Waals surface area contributed by atoms with Gasteiger partial charge in [0.2, 0.25) is 0 Å². The molecule has 0 aliphatic carbocycles. The molecule has 2 aromatic carbocycles. The van der Waals surface area contributed by atoms with Gasteiger partial charge in [-0.15, -0.1) is 0 Å². The smallest absolute Gasteiger partial charge is 0.0998 e. The predicted molar refractivity (Wildman–Crippen MR) is 47.5 cm³/mol. The van der Waals surface area contributed by atoms with Crippen molar-refractivity contribution < 1.29 is 0 Å². The summed E-state index contributed by atoms with van der Waals surface area (Å²) in [4.78, 5) is 0. The molecule has 0 aliphatic rings. The van der Waals surface area contributed by atoms with Gasteiger partial charge in [-0.25, -0.2) is 0 Å². The Balaban J connectivity index is 2.91. The van der Waals surface area contributed by atoms with Crippen LogP contribution < -0.4 is 0 Å². The molecular weight excluding hydrogens is 146 g/mol. The standard InChI is InChI=1S/C11H6N/c12-8-10-6-3-5-9-4-1-2-7-11(9)10/h1-4,6-7H. The summed E-state index contributed by atoms with van der Waals surface area (Å²) < 4.78 is 0. The highest BCUT2D eigenvalue weighted by atomic mass is 14.2. The van der Waals surface area contributed by atoms with Crippen molar-refractivity contribution in [2.45, 2.75) is 0 Å². The first-order valence-electron chi connectivity index (χ1n) is 3.71. The van der Waals surface area contributed by atoms with E-state index in [9.17, 15) is 0 Å². The first kappa shape index (κ1) is 6.87. The van der Waals surface area contributed by atoms with Gasteiger partial charge in [0.05, 0.1) is 11.6 Å². The van der Waals surface area contributed by atoms with Crippen LogP contribution in [0.25, 0.3) is 10.8 Å². The van der Waals surface area contributed by atoms with Gasteiger partial charge in [-0.05, 0) is 17.5 Å². The van der Waals surface area contributed by atoms with Crippen LogP contribution in [0.1, 0.15) is 5.56 Å². The van der Waals surface area contributed by atoms with E-state index in [1.54, 1.807) is 12.1 Å². The number of fused-ring (bicyclic) bond motifs is 1. The summed E-state index contributed by atoms with van der Waals surface area (Å²) in [5, 5.41) is 10.7. The van der Waals surface area contributed by atoms with E-state index in [4.69, 9.17) is 5.26 Å². The summed E-state index contributed by atoms with van der Waals surface area (Å²) in [7, 11) is 0. The number of rotatable bonds is 0. The molecule has 0 atom stereocenters. The molecule has 2 aromatic rings. The molecule has 0 amide bonds. The highest BCUT2D eigenvalue weighted by Crippen LogP contribution is 2.16. The fourth-order valence-corrected chi connectivity index (χ4v) is 1.25. The molecule has 0 bridgehead atoms. The van der Waals surface area contributed by atoms with E-state index in [0.717, 1.165) is 10.8 Å². The molecule has 0 spiro atoms. The van der Waals surface area contributed by atoms with Crippen LogP contribution in [-0.2, 0) is 0 Å². The van der Waals surface area contributed by atoms with E-state index in [-0.39, 0.29) is 0 Å². The van der Waals surface area contributed by atoms with E-state index < -0.39 is 0 Å². The minimum atomic E-state index is 0.712. The normalized spacial score (nSPS) is 9.58. The molecule has 0 aromatic heterocycles. The summed E-state index contributed by atoms with van der Waals surface area (Å²) in [5.41, 5.74) is 0.712. The summed E-state index contributed by atoms with van der Waals surface area (Å²) in [6, 6.07) is 16.5. The molecule has 1 radical (unpaired) electrons. The van der Waals surface area contributed by atoms with Crippen LogP contribution in [0.4, 0.5) is 0 Å². The van der Waals surface area contributed by atoms with Gasteiger partial charge in [0.15, 0.2) is 0 Å². The lowest BCUT2D eigenvalue weighted by Crippen LogP contribution is -1.77. The fraction of sp³-hybridized carbons (Fsp3) is 0. The Kier molecular flexibility index (Phi) is 1.53. The molecule has 0 N–H and O–H groups in total. The lowest BCUT2D eigenvalue weighted by atomic mass is 10.1. The third-order valence-electron chi connectivity index (χ3n) is 1.83. The van der Waals surface area contributed by atoms with E-state index in [0.29, 0.717) is 5.56 Å². The Hall–Kier alpha value is -1.81. The Bertz CT molecular complexity index is 447. The highest BCUT2D eigenvalue weighted by Gasteiger charge is 1.96. The van der Waals surface area contributed by atoms with Crippen molar-refractivity contribution in [3.63, 3.8) is 0 Å². The molecule has 55 valence electrons. The lowest BCUT2D eigenvalue weighted by molar-refractivity contribution is 1.50. The van der Waals surface area contributed by atoms with Gasteiger partial charge in [0, 0.05) is 5.39 Å². The van der Waals surface area contributed by atoms with E-state index in [1.165, 1.54) is 0 Å². The van der Waals surface area contributed by atoms with Crippen LogP contribution in [0.3, 0.4) is 0 Å². The van der Waals surface area contributed by atoms with E-state index in [2.05, 4.69) is 12.1 Å². The minimum absolute atomic E-state index is 0.712. The molecule has 2 rings (SSSR count). The molecule has 0 aliphatic heterocycles. The Morgan fingerprint density at radius 3 is 2.83 bits per heavy atom. The third kappa shape index (κ3) is 0.943. The highest BCUT2D eigenvalue weighted by molar-refractivity contribution is 5.87. The molecule has 0 heterocycles. The van der Waals surface area contributed by atoms with Crippen molar-refractivity contribution in [2.24, 2.45) is 0 Å². The van der Waals surface area contributed by atoms with Gasteiger partial charge in [0.25, 0.3) is 0 Å². The predicted octanol–water partition coefficient (Wildman–Crippen LogP) is 2.51. The molecule has 0 unspecified atom stereocenters.